The van der Waals surface area contributed by atoms with Gasteiger partial charge in [0.05, 0.1) is 4.92 Å². The summed E-state index contributed by atoms with van der Waals surface area (Å²) in [6.07, 6.45) is 0.639. The van der Waals surface area contributed by atoms with Crippen LogP contribution in [0.25, 0.3) is 0 Å². The lowest BCUT2D eigenvalue weighted by atomic mass is 10.2. The highest BCUT2D eigenvalue weighted by Crippen LogP contribution is 1.94. The van der Waals surface area contributed by atoms with Crippen molar-refractivity contribution >= 4 is 0 Å². The molecule has 0 aliphatic carbocycles. The lowest BCUT2D eigenvalue weighted by molar-refractivity contribution is -0.401. The van der Waals surface area contributed by atoms with Crippen LogP contribution in [0.1, 0.15) is 5.56 Å². The first-order valence-corrected chi connectivity index (χ1v) is 3.70. The molecule has 13 heavy (non-hydrogen) atoms. The van der Waals surface area contributed by atoms with E-state index in [0.29, 0.717) is 12.7 Å². The molecule has 4 nitrogen and oxygen atoms in total. The number of benzene rings is 1. The van der Waals surface area contributed by atoms with E-state index in [0.717, 1.165) is 0 Å². The third-order valence-electron chi connectivity index (χ3n) is 1.23. The van der Waals surface area contributed by atoms with Crippen molar-refractivity contribution in [2.75, 3.05) is 0 Å². The number of rotatable bonds is 2. The Morgan fingerprint density at radius 3 is 2.15 bits per heavy atom. The summed E-state index contributed by atoms with van der Waals surface area (Å²) in [4.78, 5) is 8.44. The van der Waals surface area contributed by atoms with Gasteiger partial charge in [0.25, 0.3) is 0 Å². The molecular formula is C9H12N2O2. The quantitative estimate of drug-likeness (QED) is 0.554. The van der Waals surface area contributed by atoms with Gasteiger partial charge in [0.1, 0.15) is 0 Å². The summed E-state index contributed by atoms with van der Waals surface area (Å²) in [5, 5.41) is 9.06. The summed E-state index contributed by atoms with van der Waals surface area (Å²) < 4.78 is 0. The van der Waals surface area contributed by atoms with Crippen LogP contribution in [0.2, 0.25) is 0 Å². The van der Waals surface area contributed by atoms with Crippen molar-refractivity contribution in [2.45, 2.75) is 6.54 Å². The van der Waals surface area contributed by atoms with Gasteiger partial charge in [-0.05, 0) is 12.1 Å². The minimum absolute atomic E-state index is 0.611. The second-order valence-electron chi connectivity index (χ2n) is 2.16. The molecule has 1 aromatic carbocycles. The number of hydrogen-bond donors (Lipinski definition) is 1. The number of nitrogens with zero attached hydrogens (tertiary/aromatic N) is 1. The van der Waals surface area contributed by atoms with E-state index in [4.69, 9.17) is 15.8 Å². The van der Waals surface area contributed by atoms with E-state index in [9.17, 15) is 0 Å². The summed E-state index contributed by atoms with van der Waals surface area (Å²) in [7, 11) is 0. The fourth-order valence-corrected chi connectivity index (χ4v) is 0.614. The van der Waals surface area contributed by atoms with Crippen molar-refractivity contribution < 1.29 is 4.92 Å². The highest BCUT2D eigenvalue weighted by Gasteiger charge is 1.80. The summed E-state index contributed by atoms with van der Waals surface area (Å²) in [6.45, 7) is 3.50. The number of hydrogen-bond acceptors (Lipinski definition) is 3. The minimum atomic E-state index is -0.611. The summed E-state index contributed by atoms with van der Waals surface area (Å²) >= 11 is 0. The van der Waals surface area contributed by atoms with Gasteiger partial charge in [-0.15, -0.1) is 0 Å². The van der Waals surface area contributed by atoms with Gasteiger partial charge in [-0.25, -0.2) is 0 Å². The van der Waals surface area contributed by atoms with E-state index in [1.54, 1.807) is 0 Å². The van der Waals surface area contributed by atoms with E-state index in [2.05, 4.69) is 6.58 Å². The molecule has 0 bridgehead atoms. The maximum atomic E-state index is 9.06. The molecule has 0 heterocycles. The maximum Gasteiger partial charge on any atom is 0.227 e. The first-order valence-electron chi connectivity index (χ1n) is 3.70. The molecule has 70 valence electrons. The van der Waals surface area contributed by atoms with Crippen molar-refractivity contribution in [3.05, 3.63) is 58.8 Å². The number of nitro groups is 1. The van der Waals surface area contributed by atoms with Gasteiger partial charge in [0.2, 0.25) is 6.20 Å². The zero-order valence-corrected chi connectivity index (χ0v) is 7.22. The Balaban J connectivity index is 0.000000252. The van der Waals surface area contributed by atoms with Crippen LogP contribution < -0.4 is 5.73 Å². The highest BCUT2D eigenvalue weighted by atomic mass is 16.6. The fourth-order valence-electron chi connectivity index (χ4n) is 0.614. The summed E-state index contributed by atoms with van der Waals surface area (Å²) in [5.41, 5.74) is 6.54. The van der Waals surface area contributed by atoms with Crippen molar-refractivity contribution in [1.82, 2.24) is 0 Å². The molecule has 0 atom stereocenters. The van der Waals surface area contributed by atoms with Gasteiger partial charge in [-0.3, -0.25) is 10.1 Å². The normalized spacial score (nSPS) is 8.08. The second kappa shape index (κ2) is 7.00. The highest BCUT2D eigenvalue weighted by molar-refractivity contribution is 5.13. The Labute approximate surface area is 76.8 Å². The van der Waals surface area contributed by atoms with Gasteiger partial charge < -0.3 is 5.73 Å². The third kappa shape index (κ3) is 6.71. The van der Waals surface area contributed by atoms with E-state index >= 15 is 0 Å². The molecule has 0 spiro atoms. The predicted molar refractivity (Wildman–Crippen MR) is 51.5 cm³/mol. The van der Waals surface area contributed by atoms with Gasteiger partial charge in [0.15, 0.2) is 0 Å². The molecule has 1 aromatic rings. The van der Waals surface area contributed by atoms with Crippen LogP contribution in [0, 0.1) is 10.1 Å². The predicted octanol–water partition coefficient (Wildman–Crippen LogP) is 1.55. The summed E-state index contributed by atoms with van der Waals surface area (Å²) in [6, 6.07) is 9.99. The van der Waals surface area contributed by atoms with Gasteiger partial charge in [-0.2, -0.15) is 0 Å². The molecule has 0 radical (unpaired) electrons. The Kier molecular flexibility index (Phi) is 6.09. The fraction of sp³-hybridized carbons (Fsp3) is 0.111. The van der Waals surface area contributed by atoms with Crippen LogP contribution in [-0.2, 0) is 6.54 Å². The zero-order chi connectivity index (χ0) is 10.1. The summed E-state index contributed by atoms with van der Waals surface area (Å²) in [5.74, 6) is 0. The smallest absolute Gasteiger partial charge is 0.227 e. The molecule has 0 aromatic heterocycles. The van der Waals surface area contributed by atoms with Crippen LogP contribution in [-0.4, -0.2) is 4.92 Å². The monoisotopic (exact) mass is 180 g/mol. The first kappa shape index (κ1) is 11.3. The van der Waals surface area contributed by atoms with Crippen molar-refractivity contribution in [3.63, 3.8) is 0 Å². The van der Waals surface area contributed by atoms with E-state index < -0.39 is 4.92 Å². The van der Waals surface area contributed by atoms with Gasteiger partial charge in [-0.1, -0.05) is 30.3 Å². The Morgan fingerprint density at radius 2 is 1.92 bits per heavy atom. The first-order chi connectivity index (χ1) is 6.20. The molecule has 4 heteroatoms. The molecule has 0 saturated heterocycles. The largest absolute Gasteiger partial charge is 0.326 e. The molecule has 2 N–H and O–H groups in total. The van der Waals surface area contributed by atoms with E-state index in [-0.39, 0.29) is 0 Å². The average molecular weight is 180 g/mol. The molecule has 0 aliphatic rings. The maximum absolute atomic E-state index is 9.06. The molecule has 0 fully saturated rings. The Morgan fingerprint density at radius 1 is 1.46 bits per heavy atom. The van der Waals surface area contributed by atoms with Crippen LogP contribution in [0.4, 0.5) is 0 Å². The lowest BCUT2D eigenvalue weighted by Gasteiger charge is -1.90. The zero-order valence-electron chi connectivity index (χ0n) is 7.22. The molecule has 0 amide bonds. The Hall–Kier alpha value is -1.68. The van der Waals surface area contributed by atoms with Gasteiger partial charge in [0, 0.05) is 6.54 Å². The van der Waals surface area contributed by atoms with Crippen LogP contribution in [0.5, 0.6) is 0 Å². The molecule has 0 saturated carbocycles. The van der Waals surface area contributed by atoms with Crippen molar-refractivity contribution in [1.29, 1.82) is 0 Å². The van der Waals surface area contributed by atoms with E-state index in [1.807, 2.05) is 30.3 Å². The lowest BCUT2D eigenvalue weighted by Crippen LogP contribution is -1.94. The Bertz CT molecular complexity index is 260. The topological polar surface area (TPSA) is 69.2 Å². The third-order valence-corrected chi connectivity index (χ3v) is 1.23. The molecule has 0 unspecified atom stereocenters. The SMILES string of the molecule is C=C[N+](=O)[O-].NCc1ccccc1. The van der Waals surface area contributed by atoms with Crippen LogP contribution in [0.3, 0.4) is 0 Å². The molecular weight excluding hydrogens is 168 g/mol. The van der Waals surface area contributed by atoms with Crippen LogP contribution >= 0.6 is 0 Å². The second-order valence-corrected chi connectivity index (χ2v) is 2.16. The standard InChI is InChI=1S/C7H9N.C2H3NO2/c8-6-7-4-2-1-3-5-7;1-2-3(4)5/h1-5H,6,8H2;2H,1H2. The van der Waals surface area contributed by atoms with Crippen molar-refractivity contribution in [2.24, 2.45) is 5.73 Å². The minimum Gasteiger partial charge on any atom is -0.326 e. The number of nitrogens with two attached hydrogens (primary N) is 1. The van der Waals surface area contributed by atoms with E-state index in [1.165, 1.54) is 5.56 Å². The van der Waals surface area contributed by atoms with Crippen molar-refractivity contribution in [3.8, 4) is 0 Å². The average Bonchev–Trinajstić information content (AvgIpc) is 2.20. The van der Waals surface area contributed by atoms with Crippen LogP contribution in [0.15, 0.2) is 43.1 Å². The van der Waals surface area contributed by atoms with Gasteiger partial charge >= 0.3 is 0 Å². The molecule has 1 rings (SSSR count). The molecule has 0 aliphatic heterocycles.